The summed E-state index contributed by atoms with van der Waals surface area (Å²) in [5.41, 5.74) is 1.21. The van der Waals surface area contributed by atoms with Gasteiger partial charge in [-0.1, -0.05) is 29.8 Å². The molecule has 0 heterocycles. The summed E-state index contributed by atoms with van der Waals surface area (Å²) in [6.07, 6.45) is 0.982. The third-order valence-electron chi connectivity index (χ3n) is 1.98. The maximum absolute atomic E-state index is 6.00. The fourth-order valence-electron chi connectivity index (χ4n) is 1.10. The average molecular weight is 184 g/mol. The van der Waals surface area contributed by atoms with Crippen LogP contribution in [-0.4, -0.2) is 13.1 Å². The molecule has 0 amide bonds. The molecule has 0 saturated carbocycles. The number of hydrogen-bond acceptors (Lipinski definition) is 1. The van der Waals surface area contributed by atoms with Crippen LogP contribution in [0.3, 0.4) is 0 Å². The van der Waals surface area contributed by atoms with Gasteiger partial charge in [0.1, 0.15) is 0 Å². The third-order valence-corrected chi connectivity index (χ3v) is 2.35. The first-order chi connectivity index (χ1) is 5.74. The van der Waals surface area contributed by atoms with Crippen LogP contribution in [0.25, 0.3) is 0 Å². The summed E-state index contributed by atoms with van der Waals surface area (Å²) in [7, 11) is 1.96. The Hall–Kier alpha value is -0.530. The fraction of sp³-hybridized carbons (Fsp3) is 0.400. The van der Waals surface area contributed by atoms with Crippen molar-refractivity contribution in [2.45, 2.75) is 19.4 Å². The molecular weight excluding hydrogens is 170 g/mol. The highest BCUT2D eigenvalue weighted by Gasteiger charge is 2.02. The lowest BCUT2D eigenvalue weighted by Crippen LogP contribution is -2.23. The van der Waals surface area contributed by atoms with E-state index in [1.54, 1.807) is 0 Å². The first kappa shape index (κ1) is 9.56. The van der Waals surface area contributed by atoms with E-state index in [0.717, 1.165) is 11.4 Å². The van der Waals surface area contributed by atoms with Gasteiger partial charge in [0.25, 0.3) is 0 Å². The van der Waals surface area contributed by atoms with Gasteiger partial charge in [-0.25, -0.2) is 0 Å². The van der Waals surface area contributed by atoms with Crippen molar-refractivity contribution in [3.05, 3.63) is 34.9 Å². The molecule has 0 aliphatic rings. The van der Waals surface area contributed by atoms with Crippen molar-refractivity contribution in [3.63, 3.8) is 0 Å². The van der Waals surface area contributed by atoms with Crippen molar-refractivity contribution in [2.24, 2.45) is 0 Å². The van der Waals surface area contributed by atoms with Crippen molar-refractivity contribution in [1.82, 2.24) is 5.32 Å². The fourth-order valence-corrected chi connectivity index (χ4v) is 1.31. The molecule has 2 heteroatoms. The van der Waals surface area contributed by atoms with E-state index in [9.17, 15) is 0 Å². The molecule has 12 heavy (non-hydrogen) atoms. The van der Waals surface area contributed by atoms with E-state index >= 15 is 0 Å². The highest BCUT2D eigenvalue weighted by Crippen LogP contribution is 2.16. The Kier molecular flexibility index (Phi) is 3.57. The molecule has 66 valence electrons. The Morgan fingerprint density at radius 1 is 1.42 bits per heavy atom. The van der Waals surface area contributed by atoms with E-state index < -0.39 is 0 Å². The first-order valence-corrected chi connectivity index (χ1v) is 4.52. The molecule has 1 nitrogen and oxygen atoms in total. The molecule has 0 aliphatic heterocycles. The molecule has 0 aliphatic carbocycles. The Bertz CT molecular complexity index is 247. The number of rotatable bonds is 3. The van der Waals surface area contributed by atoms with Gasteiger partial charge in [0.15, 0.2) is 0 Å². The van der Waals surface area contributed by atoms with Crippen molar-refractivity contribution < 1.29 is 0 Å². The van der Waals surface area contributed by atoms with Crippen LogP contribution >= 0.6 is 11.6 Å². The molecule has 0 bridgehead atoms. The summed E-state index contributed by atoms with van der Waals surface area (Å²) < 4.78 is 0. The average Bonchev–Trinajstić information content (AvgIpc) is 2.09. The molecule has 1 aromatic carbocycles. The minimum absolute atomic E-state index is 0.477. The zero-order chi connectivity index (χ0) is 8.97. The van der Waals surface area contributed by atoms with Gasteiger partial charge in [-0.2, -0.15) is 0 Å². The summed E-state index contributed by atoms with van der Waals surface area (Å²) >= 11 is 6.00. The molecule has 0 spiro atoms. The van der Waals surface area contributed by atoms with Crippen LogP contribution in [-0.2, 0) is 6.42 Å². The van der Waals surface area contributed by atoms with Gasteiger partial charge >= 0.3 is 0 Å². The van der Waals surface area contributed by atoms with Crippen LogP contribution in [0.5, 0.6) is 0 Å². The SMILES string of the molecule is CN[C@@H](C)Cc1ccccc1Cl. The summed E-state index contributed by atoms with van der Waals surface area (Å²) in [5.74, 6) is 0. The predicted octanol–water partition coefficient (Wildman–Crippen LogP) is 2.49. The molecule has 1 N–H and O–H groups in total. The van der Waals surface area contributed by atoms with Crippen LogP contribution in [0.1, 0.15) is 12.5 Å². The van der Waals surface area contributed by atoms with Crippen LogP contribution < -0.4 is 5.32 Å². The quantitative estimate of drug-likeness (QED) is 0.760. The largest absolute Gasteiger partial charge is 0.317 e. The van der Waals surface area contributed by atoms with E-state index in [1.807, 2.05) is 25.2 Å². The summed E-state index contributed by atoms with van der Waals surface area (Å²) in [4.78, 5) is 0. The highest BCUT2D eigenvalue weighted by atomic mass is 35.5. The maximum atomic E-state index is 6.00. The lowest BCUT2D eigenvalue weighted by molar-refractivity contribution is 0.608. The number of halogens is 1. The van der Waals surface area contributed by atoms with Crippen LogP contribution in [0.15, 0.2) is 24.3 Å². The zero-order valence-corrected chi connectivity index (χ0v) is 8.23. The zero-order valence-electron chi connectivity index (χ0n) is 7.47. The molecule has 0 radical (unpaired) electrons. The molecule has 1 rings (SSSR count). The predicted molar refractivity (Wildman–Crippen MR) is 53.7 cm³/mol. The standard InChI is InChI=1S/C10H14ClN/c1-8(12-2)7-9-5-3-4-6-10(9)11/h3-6,8,12H,7H2,1-2H3/t8-/m0/s1. The van der Waals surface area contributed by atoms with Gasteiger partial charge in [-0.05, 0) is 32.0 Å². The Balaban J connectivity index is 2.69. The van der Waals surface area contributed by atoms with E-state index in [0.29, 0.717) is 6.04 Å². The Morgan fingerprint density at radius 2 is 2.08 bits per heavy atom. The van der Waals surface area contributed by atoms with Crippen molar-refractivity contribution in [2.75, 3.05) is 7.05 Å². The van der Waals surface area contributed by atoms with Crippen LogP contribution in [0.2, 0.25) is 5.02 Å². The lowest BCUT2D eigenvalue weighted by Gasteiger charge is -2.10. The van der Waals surface area contributed by atoms with Crippen molar-refractivity contribution in [1.29, 1.82) is 0 Å². The topological polar surface area (TPSA) is 12.0 Å². The van der Waals surface area contributed by atoms with Gasteiger partial charge in [-0.15, -0.1) is 0 Å². The lowest BCUT2D eigenvalue weighted by atomic mass is 10.1. The first-order valence-electron chi connectivity index (χ1n) is 4.14. The normalized spacial score (nSPS) is 12.9. The minimum atomic E-state index is 0.477. The van der Waals surface area contributed by atoms with Gasteiger partial charge in [-0.3, -0.25) is 0 Å². The molecule has 0 unspecified atom stereocenters. The summed E-state index contributed by atoms with van der Waals surface area (Å²) in [6.45, 7) is 2.14. The van der Waals surface area contributed by atoms with E-state index in [4.69, 9.17) is 11.6 Å². The van der Waals surface area contributed by atoms with E-state index in [-0.39, 0.29) is 0 Å². The molecule has 0 fully saturated rings. The van der Waals surface area contributed by atoms with E-state index in [2.05, 4.69) is 18.3 Å². The van der Waals surface area contributed by atoms with E-state index in [1.165, 1.54) is 5.56 Å². The monoisotopic (exact) mass is 183 g/mol. The molecule has 0 aromatic heterocycles. The number of nitrogens with one attached hydrogen (secondary N) is 1. The molecule has 1 aromatic rings. The summed E-state index contributed by atoms with van der Waals surface area (Å²) in [5, 5.41) is 4.04. The second-order valence-corrected chi connectivity index (χ2v) is 3.39. The Morgan fingerprint density at radius 3 is 2.67 bits per heavy atom. The van der Waals surface area contributed by atoms with Crippen LogP contribution in [0, 0.1) is 0 Å². The van der Waals surface area contributed by atoms with Gasteiger partial charge in [0.05, 0.1) is 0 Å². The second-order valence-electron chi connectivity index (χ2n) is 2.99. The van der Waals surface area contributed by atoms with Gasteiger partial charge < -0.3 is 5.32 Å². The van der Waals surface area contributed by atoms with Crippen molar-refractivity contribution >= 4 is 11.6 Å². The van der Waals surface area contributed by atoms with Gasteiger partial charge in [0, 0.05) is 11.1 Å². The van der Waals surface area contributed by atoms with Gasteiger partial charge in [0.2, 0.25) is 0 Å². The number of hydrogen-bond donors (Lipinski definition) is 1. The smallest absolute Gasteiger partial charge is 0.0438 e. The second kappa shape index (κ2) is 4.48. The highest BCUT2D eigenvalue weighted by molar-refractivity contribution is 6.31. The van der Waals surface area contributed by atoms with Crippen LogP contribution in [0.4, 0.5) is 0 Å². The molecule has 1 atom stereocenters. The molecule has 0 saturated heterocycles. The summed E-state index contributed by atoms with van der Waals surface area (Å²) in [6, 6.07) is 8.44. The third kappa shape index (κ3) is 2.50. The Labute approximate surface area is 78.7 Å². The molecular formula is C10H14ClN. The maximum Gasteiger partial charge on any atom is 0.0438 e. The minimum Gasteiger partial charge on any atom is -0.317 e. The number of likely N-dealkylation sites (N-methyl/N-ethyl adjacent to an activating group) is 1. The number of benzene rings is 1. The van der Waals surface area contributed by atoms with Crippen molar-refractivity contribution in [3.8, 4) is 0 Å².